The van der Waals surface area contributed by atoms with E-state index in [0.717, 1.165) is 30.7 Å². The maximum atomic E-state index is 13.5. The number of hydrogen-bond acceptors (Lipinski definition) is 4. The van der Waals surface area contributed by atoms with Gasteiger partial charge in [-0.05, 0) is 108 Å². The SMILES string of the molecule is C=C/C=C1/CCC23C4CCC(C(C)=NCC=O)C4(C)CCC2C13CCC.CC.CN(CC1CC(C)(F)CN1)C1CCC1. The van der Waals surface area contributed by atoms with Crippen LogP contribution in [0.1, 0.15) is 119 Å². The van der Waals surface area contributed by atoms with Crippen molar-refractivity contribution in [2.24, 2.45) is 39.0 Å². The second-order valence-electron chi connectivity index (χ2n) is 14.8. The molecule has 5 saturated carbocycles. The molecule has 6 fully saturated rings. The summed E-state index contributed by atoms with van der Waals surface area (Å²) in [4.78, 5) is 17.8. The first kappa shape index (κ1) is 33.6. The molecule has 5 heteroatoms. The van der Waals surface area contributed by atoms with Gasteiger partial charge in [0, 0.05) is 42.2 Å². The Morgan fingerprint density at radius 1 is 1.14 bits per heavy atom. The van der Waals surface area contributed by atoms with Crippen molar-refractivity contribution in [2.45, 2.75) is 136 Å². The maximum Gasteiger partial charge on any atom is 0.141 e. The average Bonchev–Trinajstić information content (AvgIpc) is 3.20. The van der Waals surface area contributed by atoms with Crippen molar-refractivity contribution in [1.29, 1.82) is 0 Å². The molecule has 6 rings (SSSR count). The fourth-order valence-electron chi connectivity index (χ4n) is 11.1. The number of fused-ring (bicyclic) bond motifs is 2. The van der Waals surface area contributed by atoms with E-state index in [1.54, 1.807) is 12.5 Å². The summed E-state index contributed by atoms with van der Waals surface area (Å²) in [6.45, 7) is 18.7. The van der Waals surface area contributed by atoms with Crippen molar-refractivity contribution in [1.82, 2.24) is 10.2 Å². The molecule has 1 heterocycles. The van der Waals surface area contributed by atoms with Gasteiger partial charge in [0.05, 0.1) is 6.54 Å². The molecule has 0 amide bonds. The number of aldehydes is 1. The van der Waals surface area contributed by atoms with E-state index in [1.807, 2.05) is 19.9 Å². The molecular formula is C37H62FN3O. The van der Waals surface area contributed by atoms with E-state index in [-0.39, 0.29) is 0 Å². The van der Waals surface area contributed by atoms with Gasteiger partial charge in [-0.1, -0.05) is 64.8 Å². The maximum absolute atomic E-state index is 13.5. The van der Waals surface area contributed by atoms with Gasteiger partial charge in [0.25, 0.3) is 0 Å². The Labute approximate surface area is 257 Å². The van der Waals surface area contributed by atoms with Gasteiger partial charge in [0.1, 0.15) is 12.0 Å². The molecule has 0 aromatic carbocycles. The largest absolute Gasteiger partial charge is 0.309 e. The molecular weight excluding hydrogens is 521 g/mol. The number of hydrogen-bond donors (Lipinski definition) is 1. The topological polar surface area (TPSA) is 44.7 Å². The number of rotatable bonds is 9. The van der Waals surface area contributed by atoms with E-state index in [0.29, 0.717) is 47.7 Å². The molecule has 1 aliphatic heterocycles. The molecule has 8 unspecified atom stereocenters. The summed E-state index contributed by atoms with van der Waals surface area (Å²) in [7, 11) is 2.17. The highest BCUT2D eigenvalue weighted by atomic mass is 19.1. The molecule has 0 aromatic rings. The van der Waals surface area contributed by atoms with Crippen LogP contribution in [0.4, 0.5) is 4.39 Å². The second-order valence-corrected chi connectivity index (χ2v) is 14.8. The van der Waals surface area contributed by atoms with Crippen LogP contribution in [0.5, 0.6) is 0 Å². The predicted molar refractivity (Wildman–Crippen MR) is 176 cm³/mol. The van der Waals surface area contributed by atoms with Crippen LogP contribution in [-0.2, 0) is 4.79 Å². The summed E-state index contributed by atoms with van der Waals surface area (Å²) in [6, 6.07) is 1.12. The van der Waals surface area contributed by atoms with Crippen molar-refractivity contribution in [3.8, 4) is 0 Å². The molecule has 5 aliphatic carbocycles. The van der Waals surface area contributed by atoms with Crippen LogP contribution in [0, 0.1) is 34.0 Å². The highest BCUT2D eigenvalue weighted by molar-refractivity contribution is 5.86. The van der Waals surface area contributed by atoms with Crippen LogP contribution < -0.4 is 5.32 Å². The number of likely N-dealkylation sites (N-methyl/N-ethyl adjacent to an activating group) is 1. The summed E-state index contributed by atoms with van der Waals surface area (Å²) in [5.74, 6) is 2.33. The van der Waals surface area contributed by atoms with E-state index in [1.165, 1.54) is 76.3 Å². The van der Waals surface area contributed by atoms with Crippen LogP contribution in [0.15, 0.2) is 29.3 Å². The van der Waals surface area contributed by atoms with Gasteiger partial charge in [-0.15, -0.1) is 0 Å². The Balaban J connectivity index is 0.000000214. The number of alkyl halides is 1. The first-order valence-corrected chi connectivity index (χ1v) is 17.5. The number of aliphatic imine (C=N–C) groups is 1. The highest BCUT2D eigenvalue weighted by Gasteiger charge is 2.84. The predicted octanol–water partition coefficient (Wildman–Crippen LogP) is 8.37. The molecule has 238 valence electrons. The minimum absolute atomic E-state index is 0.336. The molecule has 1 spiro atoms. The van der Waals surface area contributed by atoms with Crippen LogP contribution in [-0.4, -0.2) is 61.3 Å². The molecule has 1 saturated heterocycles. The van der Waals surface area contributed by atoms with Gasteiger partial charge >= 0.3 is 0 Å². The Morgan fingerprint density at radius 3 is 2.45 bits per heavy atom. The Morgan fingerprint density at radius 2 is 1.88 bits per heavy atom. The molecule has 1 N–H and O–H groups in total. The first-order valence-electron chi connectivity index (χ1n) is 17.5. The normalized spacial score (nSPS) is 42.9. The van der Waals surface area contributed by atoms with Crippen LogP contribution in [0.25, 0.3) is 0 Å². The second kappa shape index (κ2) is 13.3. The lowest BCUT2D eigenvalue weighted by molar-refractivity contribution is -0.106. The fraction of sp³-hybridized carbons (Fsp3) is 0.838. The molecule has 4 nitrogen and oxygen atoms in total. The highest BCUT2D eigenvalue weighted by Crippen LogP contribution is 2.90. The van der Waals surface area contributed by atoms with Crippen molar-refractivity contribution in [3.63, 3.8) is 0 Å². The van der Waals surface area contributed by atoms with Gasteiger partial charge in [-0.25, -0.2) is 4.39 Å². The Bertz CT molecular complexity index is 1020. The van der Waals surface area contributed by atoms with Crippen LogP contribution >= 0.6 is 0 Å². The lowest BCUT2D eigenvalue weighted by Gasteiger charge is -2.45. The number of halogens is 1. The van der Waals surface area contributed by atoms with E-state index in [2.05, 4.69) is 55.7 Å². The third kappa shape index (κ3) is 5.64. The van der Waals surface area contributed by atoms with E-state index in [4.69, 9.17) is 0 Å². The zero-order chi connectivity index (χ0) is 30.8. The monoisotopic (exact) mass is 583 g/mol. The van der Waals surface area contributed by atoms with Gasteiger partial charge in [0.2, 0.25) is 0 Å². The third-order valence-electron chi connectivity index (χ3n) is 12.8. The standard InChI is InChI=1S/C24H35NO.C11H21FN2.C2H6/c1-5-7-18-10-14-24-20-9-8-19(17(3)25-15-16-26)22(20,4)13-11-21(24)23(18,24)12-6-2;1-11(12)6-9(13-8-11)7-14(2)10-4-3-5-10;1-2/h5,7,16,19-21H,1,6,8-15H2,2-4H3;9-10,13H,3-8H2,1-2H3;1-2H3/b18-7-,25-17?;;. The van der Waals surface area contributed by atoms with Gasteiger partial charge < -0.3 is 15.0 Å². The van der Waals surface area contributed by atoms with E-state index < -0.39 is 5.67 Å². The van der Waals surface area contributed by atoms with Crippen molar-refractivity contribution >= 4 is 12.0 Å². The van der Waals surface area contributed by atoms with E-state index in [9.17, 15) is 9.18 Å². The smallest absolute Gasteiger partial charge is 0.141 e. The molecule has 0 radical (unpaired) electrons. The lowest BCUT2D eigenvalue weighted by Crippen LogP contribution is -2.43. The van der Waals surface area contributed by atoms with E-state index >= 15 is 0 Å². The third-order valence-corrected chi connectivity index (χ3v) is 12.8. The van der Waals surface area contributed by atoms with Crippen molar-refractivity contribution < 1.29 is 9.18 Å². The fourth-order valence-corrected chi connectivity index (χ4v) is 11.1. The summed E-state index contributed by atoms with van der Waals surface area (Å²) >= 11 is 0. The lowest BCUT2D eigenvalue weighted by atomic mass is 9.59. The zero-order valence-electron chi connectivity index (χ0n) is 28.1. The number of allylic oxidation sites excluding steroid dienone is 3. The van der Waals surface area contributed by atoms with Crippen molar-refractivity contribution in [2.75, 3.05) is 26.7 Å². The van der Waals surface area contributed by atoms with Gasteiger partial charge in [-0.3, -0.25) is 4.99 Å². The van der Waals surface area contributed by atoms with Gasteiger partial charge in [0.15, 0.2) is 0 Å². The molecule has 8 atom stereocenters. The Kier molecular flexibility index (Phi) is 10.7. The van der Waals surface area contributed by atoms with Crippen molar-refractivity contribution in [3.05, 3.63) is 24.3 Å². The molecule has 42 heavy (non-hydrogen) atoms. The average molecular weight is 584 g/mol. The number of carbonyl (C=O) groups is 1. The number of carbonyl (C=O) groups excluding carboxylic acids is 1. The first-order chi connectivity index (χ1) is 20.1. The summed E-state index contributed by atoms with van der Waals surface area (Å²) in [5.41, 5.74) is 3.40. The summed E-state index contributed by atoms with van der Waals surface area (Å²) in [5, 5.41) is 3.26. The number of nitrogens with zero attached hydrogens (tertiary/aromatic N) is 2. The molecule has 0 aromatic heterocycles. The summed E-state index contributed by atoms with van der Waals surface area (Å²) in [6.07, 6.45) is 20.7. The minimum atomic E-state index is -0.981. The molecule has 0 bridgehead atoms. The quantitative estimate of drug-likeness (QED) is 0.219. The molecule has 6 aliphatic rings. The minimum Gasteiger partial charge on any atom is -0.309 e. The van der Waals surface area contributed by atoms with Crippen LogP contribution in [0.2, 0.25) is 0 Å². The zero-order valence-corrected chi connectivity index (χ0v) is 28.1. The van der Waals surface area contributed by atoms with Gasteiger partial charge in [-0.2, -0.15) is 0 Å². The number of nitrogens with one attached hydrogen (secondary N) is 1. The van der Waals surface area contributed by atoms with Crippen LogP contribution in [0.3, 0.4) is 0 Å². The Hall–Kier alpha value is -1.33. The summed E-state index contributed by atoms with van der Waals surface area (Å²) < 4.78 is 13.5.